The molecule has 0 aliphatic carbocycles. The summed E-state index contributed by atoms with van der Waals surface area (Å²) in [4.78, 5) is 11.3. The predicted molar refractivity (Wildman–Crippen MR) is 49.4 cm³/mol. The molecule has 0 unspecified atom stereocenters. The highest BCUT2D eigenvalue weighted by Crippen LogP contribution is 2.23. The summed E-state index contributed by atoms with van der Waals surface area (Å²) in [6.07, 6.45) is 0.0603. The predicted octanol–water partition coefficient (Wildman–Crippen LogP) is 2.15. The van der Waals surface area contributed by atoms with E-state index >= 15 is 0 Å². The number of carbonyl (C=O) groups is 1. The van der Waals surface area contributed by atoms with Crippen molar-refractivity contribution in [3.63, 3.8) is 0 Å². The quantitative estimate of drug-likeness (QED) is 0.625. The van der Waals surface area contributed by atoms with Gasteiger partial charge in [-0.1, -0.05) is 11.6 Å². The fraction of sp³-hybridized carbons (Fsp3) is 0.222. The summed E-state index contributed by atoms with van der Waals surface area (Å²) in [7, 11) is 0. The number of ketones is 1. The van der Waals surface area contributed by atoms with Gasteiger partial charge in [0.2, 0.25) is 0 Å². The van der Waals surface area contributed by atoms with Crippen LogP contribution in [0.15, 0.2) is 12.1 Å². The molecule has 0 aliphatic heterocycles. The van der Waals surface area contributed by atoms with Crippen LogP contribution in [0.1, 0.15) is 16.8 Å². The average Bonchev–Trinajstić information content (AvgIpc) is 2.15. The maximum atomic E-state index is 12.9. The molecule has 0 fully saturated rings. The fourth-order valence-corrected chi connectivity index (χ4v) is 1.27. The Hall–Kier alpha value is -1.00. The van der Waals surface area contributed by atoms with Gasteiger partial charge in [0.15, 0.2) is 17.4 Å². The highest BCUT2D eigenvalue weighted by atomic mass is 35.5. The summed E-state index contributed by atoms with van der Waals surface area (Å²) in [5.74, 6) is -2.66. The van der Waals surface area contributed by atoms with Crippen LogP contribution in [-0.2, 0) is 0 Å². The third-order valence-corrected chi connectivity index (χ3v) is 2.08. The summed E-state index contributed by atoms with van der Waals surface area (Å²) in [5.41, 5.74) is 5.12. The normalized spacial score (nSPS) is 10.3. The zero-order valence-electron chi connectivity index (χ0n) is 7.19. The van der Waals surface area contributed by atoms with E-state index in [4.69, 9.17) is 17.3 Å². The molecule has 1 aromatic rings. The van der Waals surface area contributed by atoms with Gasteiger partial charge in [-0.25, -0.2) is 8.78 Å². The zero-order valence-corrected chi connectivity index (χ0v) is 7.94. The number of carbonyl (C=O) groups excluding carboxylic acids is 1. The smallest absolute Gasteiger partial charge is 0.178 e. The van der Waals surface area contributed by atoms with Crippen LogP contribution < -0.4 is 5.73 Å². The van der Waals surface area contributed by atoms with Gasteiger partial charge >= 0.3 is 0 Å². The van der Waals surface area contributed by atoms with Gasteiger partial charge in [0.25, 0.3) is 0 Å². The molecule has 0 atom stereocenters. The van der Waals surface area contributed by atoms with Gasteiger partial charge in [0.05, 0.1) is 5.02 Å². The molecule has 0 saturated carbocycles. The maximum absolute atomic E-state index is 12.9. The van der Waals surface area contributed by atoms with Crippen LogP contribution in [0.5, 0.6) is 0 Å². The minimum atomic E-state index is -1.20. The van der Waals surface area contributed by atoms with E-state index in [1.165, 1.54) is 0 Å². The molecule has 0 aromatic heterocycles. The van der Waals surface area contributed by atoms with Gasteiger partial charge in [-0.05, 0) is 18.7 Å². The number of hydrogen-bond donors (Lipinski definition) is 1. The molecule has 76 valence electrons. The Bertz CT molecular complexity index is 368. The molecular formula is C9H8ClF2NO. The number of rotatable bonds is 3. The number of hydrogen-bond acceptors (Lipinski definition) is 2. The molecule has 0 radical (unpaired) electrons. The van der Waals surface area contributed by atoms with Crippen molar-refractivity contribution in [1.29, 1.82) is 0 Å². The molecule has 0 spiro atoms. The Balaban J connectivity index is 3.11. The maximum Gasteiger partial charge on any atom is 0.178 e. The minimum absolute atomic E-state index is 0.0315. The van der Waals surface area contributed by atoms with Crippen LogP contribution in [0.3, 0.4) is 0 Å². The second kappa shape index (κ2) is 4.48. The van der Waals surface area contributed by atoms with Gasteiger partial charge in [0.1, 0.15) is 0 Å². The van der Waals surface area contributed by atoms with E-state index in [1.807, 2.05) is 0 Å². The summed E-state index contributed by atoms with van der Waals surface area (Å²) in [6, 6.07) is 2.02. The number of benzene rings is 1. The third kappa shape index (κ3) is 2.08. The second-order valence-corrected chi connectivity index (χ2v) is 3.06. The van der Waals surface area contributed by atoms with E-state index < -0.39 is 22.4 Å². The lowest BCUT2D eigenvalue weighted by atomic mass is 10.1. The van der Waals surface area contributed by atoms with Crippen molar-refractivity contribution in [3.05, 3.63) is 34.4 Å². The second-order valence-electron chi connectivity index (χ2n) is 2.68. The summed E-state index contributed by atoms with van der Waals surface area (Å²) in [6.45, 7) is 0.147. The van der Waals surface area contributed by atoms with Crippen molar-refractivity contribution in [3.8, 4) is 0 Å². The molecule has 0 saturated heterocycles. The standard InChI is InChI=1S/C9H8ClF2NO/c10-8-5(7(14)3-4-13)1-2-6(11)9(8)12/h1-2H,3-4,13H2. The van der Waals surface area contributed by atoms with E-state index in [-0.39, 0.29) is 18.5 Å². The average molecular weight is 220 g/mol. The number of halogens is 3. The minimum Gasteiger partial charge on any atom is -0.330 e. The van der Waals surface area contributed by atoms with Gasteiger partial charge in [-0.15, -0.1) is 0 Å². The highest BCUT2D eigenvalue weighted by Gasteiger charge is 2.16. The van der Waals surface area contributed by atoms with Crippen molar-refractivity contribution in [2.75, 3.05) is 6.54 Å². The SMILES string of the molecule is NCCC(=O)c1ccc(F)c(F)c1Cl. The van der Waals surface area contributed by atoms with Crippen molar-refractivity contribution in [2.24, 2.45) is 5.73 Å². The fourth-order valence-electron chi connectivity index (χ4n) is 1.01. The van der Waals surface area contributed by atoms with Crippen LogP contribution >= 0.6 is 11.6 Å². The first-order valence-corrected chi connectivity index (χ1v) is 4.32. The Kier molecular flexibility index (Phi) is 3.55. The molecule has 0 amide bonds. The van der Waals surface area contributed by atoms with E-state index in [1.54, 1.807) is 0 Å². The monoisotopic (exact) mass is 219 g/mol. The molecule has 1 aromatic carbocycles. The van der Waals surface area contributed by atoms with Crippen LogP contribution in [0, 0.1) is 11.6 Å². The lowest BCUT2D eigenvalue weighted by molar-refractivity contribution is 0.0985. The first-order valence-electron chi connectivity index (χ1n) is 3.94. The Morgan fingerprint density at radius 1 is 1.43 bits per heavy atom. The lowest BCUT2D eigenvalue weighted by Gasteiger charge is -2.03. The van der Waals surface area contributed by atoms with Crippen molar-refractivity contribution < 1.29 is 13.6 Å². The summed E-state index contributed by atoms with van der Waals surface area (Å²) >= 11 is 5.45. The van der Waals surface area contributed by atoms with E-state index in [0.717, 1.165) is 12.1 Å². The topological polar surface area (TPSA) is 43.1 Å². The van der Waals surface area contributed by atoms with E-state index in [0.29, 0.717) is 0 Å². The van der Waals surface area contributed by atoms with Crippen LogP contribution in [0.25, 0.3) is 0 Å². The van der Waals surface area contributed by atoms with Crippen molar-refractivity contribution >= 4 is 17.4 Å². The lowest BCUT2D eigenvalue weighted by Crippen LogP contribution is -2.09. The molecule has 0 aliphatic rings. The largest absolute Gasteiger partial charge is 0.330 e. The van der Waals surface area contributed by atoms with Crippen molar-refractivity contribution in [2.45, 2.75) is 6.42 Å². The van der Waals surface area contributed by atoms with Gasteiger partial charge in [0, 0.05) is 12.0 Å². The van der Waals surface area contributed by atoms with E-state index in [9.17, 15) is 13.6 Å². The van der Waals surface area contributed by atoms with Crippen LogP contribution in [0.4, 0.5) is 8.78 Å². The van der Waals surface area contributed by atoms with Gasteiger partial charge in [-0.2, -0.15) is 0 Å². The van der Waals surface area contributed by atoms with Gasteiger partial charge < -0.3 is 5.73 Å². The summed E-state index contributed by atoms with van der Waals surface area (Å²) in [5, 5.41) is -0.483. The number of nitrogens with two attached hydrogens (primary N) is 1. The van der Waals surface area contributed by atoms with Crippen molar-refractivity contribution in [1.82, 2.24) is 0 Å². The molecule has 0 heterocycles. The Labute approximate surface area is 84.7 Å². The Morgan fingerprint density at radius 2 is 2.07 bits per heavy atom. The zero-order chi connectivity index (χ0) is 10.7. The molecule has 0 bridgehead atoms. The molecule has 2 nitrogen and oxygen atoms in total. The first kappa shape index (κ1) is 11.1. The van der Waals surface area contributed by atoms with E-state index in [2.05, 4.69) is 0 Å². The Morgan fingerprint density at radius 3 is 2.64 bits per heavy atom. The molecule has 5 heteroatoms. The molecular weight excluding hydrogens is 212 g/mol. The molecule has 14 heavy (non-hydrogen) atoms. The van der Waals surface area contributed by atoms with Crippen LogP contribution in [-0.4, -0.2) is 12.3 Å². The third-order valence-electron chi connectivity index (χ3n) is 1.71. The number of Topliss-reactive ketones (excluding diaryl/α,β-unsaturated/α-hetero) is 1. The van der Waals surface area contributed by atoms with Crippen LogP contribution in [0.2, 0.25) is 5.02 Å². The van der Waals surface area contributed by atoms with Gasteiger partial charge in [-0.3, -0.25) is 4.79 Å². The molecule has 2 N–H and O–H groups in total. The summed E-state index contributed by atoms with van der Waals surface area (Å²) < 4.78 is 25.5. The molecule has 1 rings (SSSR count). The first-order chi connectivity index (χ1) is 6.57. The highest BCUT2D eigenvalue weighted by molar-refractivity contribution is 6.34.